The molecule has 190 valence electrons. The van der Waals surface area contributed by atoms with Gasteiger partial charge < -0.3 is 14.6 Å². The van der Waals surface area contributed by atoms with Crippen LogP contribution in [0.2, 0.25) is 0 Å². The number of aliphatic hydroxyl groups is 1. The first-order valence-electron chi connectivity index (χ1n) is 11.4. The highest BCUT2D eigenvalue weighted by Gasteiger charge is 2.47. The number of methoxy groups -OCH3 is 1. The first-order valence-corrected chi connectivity index (χ1v) is 12.8. The summed E-state index contributed by atoms with van der Waals surface area (Å²) in [6, 6.07) is 24.9. The molecule has 1 N–H and O–H groups in total. The Bertz CT molecular complexity index is 1210. The predicted molar refractivity (Wildman–Crippen MR) is 133 cm³/mol. The molecule has 0 saturated heterocycles. The largest absolute Gasteiger partial charge is 0.467 e. The van der Waals surface area contributed by atoms with Crippen molar-refractivity contribution in [1.29, 1.82) is 0 Å². The van der Waals surface area contributed by atoms with E-state index in [1.165, 1.54) is 12.1 Å². The van der Waals surface area contributed by atoms with Crippen LogP contribution >= 0.6 is 0 Å². The number of benzene rings is 3. The normalized spacial score (nSPS) is 12.5. The number of hydrogen-bond donors (Lipinski definition) is 1. The third-order valence-corrected chi connectivity index (χ3v) is 7.59. The molecule has 0 aliphatic rings. The van der Waals surface area contributed by atoms with E-state index in [-0.39, 0.29) is 24.5 Å². The molecule has 3 rings (SSSR count). The number of nitrogens with zero attached hydrogens (tertiary/aromatic N) is 1. The molecule has 0 aromatic heterocycles. The second-order valence-corrected chi connectivity index (χ2v) is 9.74. The number of ether oxygens (including phenoxy) is 2. The van der Waals surface area contributed by atoms with Crippen molar-refractivity contribution in [1.82, 2.24) is 4.31 Å². The molecule has 8 nitrogen and oxygen atoms in total. The monoisotopic (exact) mass is 511 g/mol. The van der Waals surface area contributed by atoms with Crippen LogP contribution in [0.25, 0.3) is 0 Å². The van der Waals surface area contributed by atoms with E-state index in [0.29, 0.717) is 11.1 Å². The highest BCUT2D eigenvalue weighted by Crippen LogP contribution is 2.38. The number of carbonyl (C=O) groups is 2. The molecule has 0 bridgehead atoms. The fraction of sp³-hybridized carbons (Fsp3) is 0.259. The third kappa shape index (κ3) is 5.48. The highest BCUT2D eigenvalue weighted by molar-refractivity contribution is 7.89. The highest BCUT2D eigenvalue weighted by atomic mass is 32.2. The maximum Gasteiger partial charge on any atom is 0.338 e. The molecule has 9 heteroatoms. The van der Waals surface area contributed by atoms with E-state index in [4.69, 9.17) is 9.47 Å². The van der Waals surface area contributed by atoms with Gasteiger partial charge in [0, 0.05) is 6.42 Å². The van der Waals surface area contributed by atoms with Crippen molar-refractivity contribution in [2.24, 2.45) is 0 Å². The summed E-state index contributed by atoms with van der Waals surface area (Å²) in [5, 5.41) is 11.2. The molecule has 0 aliphatic heterocycles. The van der Waals surface area contributed by atoms with Gasteiger partial charge >= 0.3 is 5.97 Å². The summed E-state index contributed by atoms with van der Waals surface area (Å²) in [6.45, 7) is 0.921. The average molecular weight is 512 g/mol. The molecule has 0 fully saturated rings. The van der Waals surface area contributed by atoms with Gasteiger partial charge in [0.25, 0.3) is 10.0 Å². The van der Waals surface area contributed by atoms with E-state index in [1.54, 1.807) is 85.8 Å². The summed E-state index contributed by atoms with van der Waals surface area (Å²) < 4.78 is 38.3. The van der Waals surface area contributed by atoms with Gasteiger partial charge in [-0.25, -0.2) is 17.5 Å². The molecule has 1 amide bonds. The Kier molecular flexibility index (Phi) is 8.98. The quantitative estimate of drug-likeness (QED) is 0.394. The summed E-state index contributed by atoms with van der Waals surface area (Å²) in [7, 11) is -3.00. The van der Waals surface area contributed by atoms with Gasteiger partial charge in [-0.1, -0.05) is 85.8 Å². The Morgan fingerprint density at radius 1 is 0.889 bits per heavy atom. The van der Waals surface area contributed by atoms with Crippen molar-refractivity contribution in [2.45, 2.75) is 29.9 Å². The molecule has 0 aliphatic carbocycles. The minimum atomic E-state index is -4.15. The SMILES string of the molecule is CCC(=O)N(CCOC(c1ccccc1)(c1ccccc1)C(O)C(=O)OC)S(=O)(=O)c1ccccc1. The fourth-order valence-electron chi connectivity index (χ4n) is 3.94. The van der Waals surface area contributed by atoms with Gasteiger partial charge in [-0.2, -0.15) is 0 Å². The van der Waals surface area contributed by atoms with Crippen LogP contribution in [-0.2, 0) is 34.7 Å². The van der Waals surface area contributed by atoms with Gasteiger partial charge in [-0.05, 0) is 23.3 Å². The molecule has 1 unspecified atom stereocenters. The van der Waals surface area contributed by atoms with E-state index in [1.807, 2.05) is 0 Å². The molecule has 36 heavy (non-hydrogen) atoms. The lowest BCUT2D eigenvalue weighted by molar-refractivity contribution is -0.171. The van der Waals surface area contributed by atoms with E-state index in [2.05, 4.69) is 0 Å². The Labute approximate surface area is 211 Å². The zero-order chi connectivity index (χ0) is 26.2. The summed E-state index contributed by atoms with van der Waals surface area (Å²) in [4.78, 5) is 25.2. The molecular formula is C27H29NO7S. The first-order chi connectivity index (χ1) is 17.3. The van der Waals surface area contributed by atoms with Crippen molar-refractivity contribution in [3.63, 3.8) is 0 Å². The number of esters is 1. The van der Waals surface area contributed by atoms with Gasteiger partial charge in [-0.3, -0.25) is 4.79 Å². The zero-order valence-electron chi connectivity index (χ0n) is 20.1. The topological polar surface area (TPSA) is 110 Å². The summed E-state index contributed by atoms with van der Waals surface area (Å²) in [6.07, 6.45) is -1.83. The van der Waals surface area contributed by atoms with Gasteiger partial charge in [0.2, 0.25) is 5.91 Å². The van der Waals surface area contributed by atoms with Crippen LogP contribution in [0.5, 0.6) is 0 Å². The van der Waals surface area contributed by atoms with Crippen molar-refractivity contribution in [3.05, 3.63) is 102 Å². The standard InChI is InChI=1S/C27H29NO7S/c1-3-24(29)28(36(32,33)23-17-11-6-12-18-23)19-20-35-27(25(30)26(31)34-2,21-13-7-4-8-14-21)22-15-9-5-10-16-22/h4-18,25,30H,3,19-20H2,1-2H3. The van der Waals surface area contributed by atoms with Crippen LogP contribution < -0.4 is 0 Å². The molecule has 0 saturated carbocycles. The van der Waals surface area contributed by atoms with Crippen LogP contribution in [0.4, 0.5) is 0 Å². The van der Waals surface area contributed by atoms with Crippen LogP contribution in [-0.4, -0.2) is 56.1 Å². The molecule has 0 radical (unpaired) electrons. The third-order valence-electron chi connectivity index (χ3n) is 5.75. The molecule has 3 aromatic carbocycles. The lowest BCUT2D eigenvalue weighted by atomic mass is 9.81. The maximum absolute atomic E-state index is 13.2. The minimum absolute atomic E-state index is 0.0289. The molecule has 3 aromatic rings. The molecule has 0 heterocycles. The van der Waals surface area contributed by atoms with Crippen molar-refractivity contribution in [3.8, 4) is 0 Å². The van der Waals surface area contributed by atoms with Crippen molar-refractivity contribution in [2.75, 3.05) is 20.3 Å². The van der Waals surface area contributed by atoms with Crippen LogP contribution in [0.15, 0.2) is 95.9 Å². The van der Waals surface area contributed by atoms with E-state index in [0.717, 1.165) is 11.4 Å². The summed E-state index contributed by atoms with van der Waals surface area (Å²) in [5.41, 5.74) is -0.825. The molecule has 1 atom stereocenters. The minimum Gasteiger partial charge on any atom is -0.467 e. The van der Waals surface area contributed by atoms with Crippen LogP contribution in [0, 0.1) is 0 Å². The van der Waals surface area contributed by atoms with E-state index >= 15 is 0 Å². The smallest absolute Gasteiger partial charge is 0.338 e. The zero-order valence-corrected chi connectivity index (χ0v) is 20.9. The van der Waals surface area contributed by atoms with E-state index in [9.17, 15) is 23.1 Å². The lowest BCUT2D eigenvalue weighted by Gasteiger charge is -2.38. The van der Waals surface area contributed by atoms with Crippen LogP contribution in [0.3, 0.4) is 0 Å². The second kappa shape index (κ2) is 11.9. The van der Waals surface area contributed by atoms with E-state index < -0.39 is 33.6 Å². The Morgan fingerprint density at radius 3 is 1.81 bits per heavy atom. The molecule has 0 spiro atoms. The number of aliphatic hydroxyl groups excluding tert-OH is 1. The number of rotatable bonds is 11. The Morgan fingerprint density at radius 2 is 1.36 bits per heavy atom. The number of hydrogen-bond acceptors (Lipinski definition) is 7. The van der Waals surface area contributed by atoms with Gasteiger partial charge in [-0.15, -0.1) is 0 Å². The number of amides is 1. The van der Waals surface area contributed by atoms with Gasteiger partial charge in [0.05, 0.1) is 25.2 Å². The van der Waals surface area contributed by atoms with Crippen LogP contribution in [0.1, 0.15) is 24.5 Å². The second-order valence-electron chi connectivity index (χ2n) is 7.88. The predicted octanol–water partition coefficient (Wildman–Crippen LogP) is 3.11. The summed E-state index contributed by atoms with van der Waals surface area (Å²) >= 11 is 0. The maximum atomic E-state index is 13.2. The number of carbonyl (C=O) groups excluding carboxylic acids is 2. The average Bonchev–Trinajstić information content (AvgIpc) is 2.93. The fourth-order valence-corrected chi connectivity index (χ4v) is 5.41. The molecular weight excluding hydrogens is 482 g/mol. The van der Waals surface area contributed by atoms with Crippen molar-refractivity contribution < 1.29 is 32.6 Å². The Hall–Kier alpha value is -3.53. The van der Waals surface area contributed by atoms with Crippen molar-refractivity contribution >= 4 is 21.9 Å². The Balaban J connectivity index is 2.03. The van der Waals surface area contributed by atoms with Gasteiger partial charge in [0.15, 0.2) is 11.7 Å². The summed E-state index contributed by atoms with van der Waals surface area (Å²) in [5.74, 6) is -1.54. The first kappa shape index (κ1) is 27.1. The lowest BCUT2D eigenvalue weighted by Crippen LogP contribution is -2.49. The van der Waals surface area contributed by atoms with Gasteiger partial charge in [0.1, 0.15) is 0 Å². The number of sulfonamides is 1.